The van der Waals surface area contributed by atoms with Crippen LogP contribution in [-0.2, 0) is 6.54 Å². The highest BCUT2D eigenvalue weighted by atomic mass is 15.2. The van der Waals surface area contributed by atoms with E-state index in [2.05, 4.69) is 27.2 Å². The molecule has 2 heterocycles. The van der Waals surface area contributed by atoms with Gasteiger partial charge in [0.1, 0.15) is 0 Å². The molecule has 4 nitrogen and oxygen atoms in total. The maximum Gasteiger partial charge on any atom is 0.0924 e. The van der Waals surface area contributed by atoms with E-state index < -0.39 is 0 Å². The van der Waals surface area contributed by atoms with Gasteiger partial charge in [-0.3, -0.25) is 10.00 Å². The van der Waals surface area contributed by atoms with Gasteiger partial charge >= 0.3 is 0 Å². The summed E-state index contributed by atoms with van der Waals surface area (Å²) in [6, 6.07) is 8.56. The van der Waals surface area contributed by atoms with Gasteiger partial charge < -0.3 is 5.73 Å². The maximum atomic E-state index is 5.90. The van der Waals surface area contributed by atoms with Gasteiger partial charge in [-0.15, -0.1) is 0 Å². The van der Waals surface area contributed by atoms with Crippen molar-refractivity contribution in [2.75, 3.05) is 13.1 Å². The molecule has 4 heteroatoms. The number of nitrogens with one attached hydrogen (secondary N) is 1. The van der Waals surface area contributed by atoms with E-state index in [-0.39, 0.29) is 0 Å². The van der Waals surface area contributed by atoms with E-state index in [0.29, 0.717) is 6.04 Å². The largest absolute Gasteiger partial charge is 0.326 e. The first-order valence-corrected chi connectivity index (χ1v) is 5.73. The lowest BCUT2D eigenvalue weighted by Crippen LogP contribution is -2.26. The van der Waals surface area contributed by atoms with Crippen LogP contribution >= 0.6 is 0 Å². The van der Waals surface area contributed by atoms with Crippen molar-refractivity contribution in [1.29, 1.82) is 0 Å². The third-order valence-electron chi connectivity index (χ3n) is 3.23. The molecule has 0 amide bonds. The van der Waals surface area contributed by atoms with Crippen LogP contribution in [0.4, 0.5) is 0 Å². The first kappa shape index (κ1) is 9.81. The molecule has 0 aliphatic carbocycles. The van der Waals surface area contributed by atoms with Gasteiger partial charge in [0.2, 0.25) is 0 Å². The molecule has 3 N–H and O–H groups in total. The van der Waals surface area contributed by atoms with E-state index in [0.717, 1.165) is 31.6 Å². The Morgan fingerprint density at radius 1 is 1.44 bits per heavy atom. The Bertz CT molecular complexity index is 490. The van der Waals surface area contributed by atoms with Gasteiger partial charge in [0.05, 0.1) is 11.2 Å². The average molecular weight is 216 g/mol. The zero-order chi connectivity index (χ0) is 11.0. The molecule has 2 aromatic rings. The Labute approximate surface area is 94.4 Å². The smallest absolute Gasteiger partial charge is 0.0924 e. The van der Waals surface area contributed by atoms with E-state index in [1.807, 2.05) is 12.1 Å². The molecule has 0 saturated carbocycles. The third-order valence-corrected chi connectivity index (χ3v) is 3.23. The number of H-pyrrole nitrogens is 1. The Morgan fingerprint density at radius 2 is 2.31 bits per heavy atom. The molecule has 0 spiro atoms. The van der Waals surface area contributed by atoms with Crippen molar-refractivity contribution >= 4 is 10.9 Å². The fraction of sp³-hybridized carbons (Fsp3) is 0.417. The van der Waals surface area contributed by atoms with E-state index in [1.165, 1.54) is 11.1 Å². The topological polar surface area (TPSA) is 57.9 Å². The minimum atomic E-state index is 0.342. The first-order valence-electron chi connectivity index (χ1n) is 5.73. The van der Waals surface area contributed by atoms with Crippen molar-refractivity contribution in [2.24, 2.45) is 5.73 Å². The van der Waals surface area contributed by atoms with Crippen molar-refractivity contribution < 1.29 is 0 Å². The summed E-state index contributed by atoms with van der Waals surface area (Å²) < 4.78 is 0. The molecular weight excluding hydrogens is 200 g/mol. The number of fused-ring (bicyclic) bond motifs is 1. The zero-order valence-corrected chi connectivity index (χ0v) is 9.19. The summed E-state index contributed by atoms with van der Waals surface area (Å²) in [5, 5.41) is 8.64. The number of aromatic amines is 1. The molecule has 3 rings (SSSR count). The highest BCUT2D eigenvalue weighted by Crippen LogP contribution is 2.18. The monoisotopic (exact) mass is 216 g/mol. The molecular formula is C12H16N4. The third kappa shape index (κ3) is 1.70. The molecule has 16 heavy (non-hydrogen) atoms. The normalized spacial score (nSPS) is 21.9. The minimum Gasteiger partial charge on any atom is -0.326 e. The Hall–Kier alpha value is -1.39. The summed E-state index contributed by atoms with van der Waals surface area (Å²) >= 11 is 0. The Balaban J connectivity index is 1.84. The molecule has 1 aromatic carbocycles. The fourth-order valence-corrected chi connectivity index (χ4v) is 2.36. The molecule has 0 radical (unpaired) electrons. The molecule has 0 bridgehead atoms. The second-order valence-corrected chi connectivity index (χ2v) is 4.50. The van der Waals surface area contributed by atoms with Gasteiger partial charge in [0.25, 0.3) is 0 Å². The van der Waals surface area contributed by atoms with Crippen LogP contribution in [-0.4, -0.2) is 34.2 Å². The summed E-state index contributed by atoms with van der Waals surface area (Å²) in [5.74, 6) is 0. The van der Waals surface area contributed by atoms with Crippen molar-refractivity contribution in [1.82, 2.24) is 15.1 Å². The van der Waals surface area contributed by atoms with Crippen molar-refractivity contribution in [3.63, 3.8) is 0 Å². The highest BCUT2D eigenvalue weighted by molar-refractivity contribution is 5.81. The van der Waals surface area contributed by atoms with Gasteiger partial charge in [-0.25, -0.2) is 0 Å². The zero-order valence-electron chi connectivity index (χ0n) is 9.19. The minimum absolute atomic E-state index is 0.342. The van der Waals surface area contributed by atoms with Crippen molar-refractivity contribution in [3.8, 4) is 0 Å². The maximum absolute atomic E-state index is 5.90. The lowest BCUT2D eigenvalue weighted by molar-refractivity contribution is 0.324. The Morgan fingerprint density at radius 3 is 3.12 bits per heavy atom. The first-order chi connectivity index (χ1) is 7.83. The summed E-state index contributed by atoms with van der Waals surface area (Å²) in [4.78, 5) is 2.38. The van der Waals surface area contributed by atoms with Crippen LogP contribution in [0.3, 0.4) is 0 Å². The highest BCUT2D eigenvalue weighted by Gasteiger charge is 2.20. The van der Waals surface area contributed by atoms with Crippen molar-refractivity contribution in [3.05, 3.63) is 30.0 Å². The van der Waals surface area contributed by atoms with Gasteiger partial charge in [0.15, 0.2) is 0 Å². The average Bonchev–Trinajstić information content (AvgIpc) is 2.87. The number of para-hydroxylation sites is 1. The molecule has 1 aliphatic heterocycles. The molecule has 1 aliphatic rings. The predicted octanol–water partition coefficient (Wildman–Crippen LogP) is 1.10. The second kappa shape index (κ2) is 3.88. The number of hydrogen-bond acceptors (Lipinski definition) is 3. The van der Waals surface area contributed by atoms with Gasteiger partial charge in [-0.05, 0) is 12.5 Å². The van der Waals surface area contributed by atoms with Gasteiger partial charge in [-0.2, -0.15) is 5.10 Å². The van der Waals surface area contributed by atoms with E-state index >= 15 is 0 Å². The molecule has 1 atom stereocenters. The summed E-state index contributed by atoms with van der Waals surface area (Å²) in [6.45, 7) is 3.01. The summed E-state index contributed by atoms with van der Waals surface area (Å²) in [6.07, 6.45) is 1.10. The van der Waals surface area contributed by atoms with Crippen LogP contribution in [0.1, 0.15) is 12.1 Å². The SMILES string of the molecule is N[C@@H]1CCN(Cc2[nH]nc3ccccc23)C1. The number of nitrogens with two attached hydrogens (primary N) is 1. The van der Waals surface area contributed by atoms with Crippen LogP contribution in [0.5, 0.6) is 0 Å². The lowest BCUT2D eigenvalue weighted by Gasteiger charge is -2.13. The van der Waals surface area contributed by atoms with Gasteiger partial charge in [-0.1, -0.05) is 18.2 Å². The van der Waals surface area contributed by atoms with E-state index in [9.17, 15) is 0 Å². The van der Waals surface area contributed by atoms with Crippen LogP contribution in [0.15, 0.2) is 24.3 Å². The van der Waals surface area contributed by atoms with Crippen LogP contribution in [0.2, 0.25) is 0 Å². The number of benzene rings is 1. The fourth-order valence-electron chi connectivity index (χ4n) is 2.36. The van der Waals surface area contributed by atoms with Crippen LogP contribution in [0.25, 0.3) is 10.9 Å². The molecule has 1 fully saturated rings. The molecule has 0 unspecified atom stereocenters. The molecule has 84 valence electrons. The van der Waals surface area contributed by atoms with Crippen LogP contribution in [0, 0.1) is 0 Å². The quantitative estimate of drug-likeness (QED) is 0.790. The second-order valence-electron chi connectivity index (χ2n) is 4.50. The van der Waals surface area contributed by atoms with Crippen LogP contribution < -0.4 is 5.73 Å². The van der Waals surface area contributed by atoms with Gasteiger partial charge in [0, 0.05) is 31.1 Å². The number of hydrogen-bond donors (Lipinski definition) is 2. The number of nitrogens with zero attached hydrogens (tertiary/aromatic N) is 2. The number of likely N-dealkylation sites (tertiary alicyclic amines) is 1. The lowest BCUT2D eigenvalue weighted by atomic mass is 10.2. The molecule has 1 aromatic heterocycles. The van der Waals surface area contributed by atoms with E-state index in [1.54, 1.807) is 0 Å². The van der Waals surface area contributed by atoms with E-state index in [4.69, 9.17) is 5.73 Å². The predicted molar refractivity (Wildman–Crippen MR) is 64.0 cm³/mol. The number of rotatable bonds is 2. The molecule has 1 saturated heterocycles. The number of aromatic nitrogens is 2. The standard InChI is InChI=1S/C12H16N4/c13-9-5-6-16(7-9)8-12-10-3-1-2-4-11(10)14-15-12/h1-4,9H,5-8,13H2,(H,14,15)/t9-/m1/s1. The van der Waals surface area contributed by atoms with Crippen molar-refractivity contribution in [2.45, 2.75) is 19.0 Å². The summed E-state index contributed by atoms with van der Waals surface area (Å²) in [5.41, 5.74) is 8.14. The Kier molecular flexibility index (Phi) is 2.38. The summed E-state index contributed by atoms with van der Waals surface area (Å²) in [7, 11) is 0.